The third kappa shape index (κ3) is 3.54. The van der Waals surface area contributed by atoms with E-state index in [0.29, 0.717) is 5.02 Å². The van der Waals surface area contributed by atoms with Crippen LogP contribution in [0.5, 0.6) is 0 Å². The van der Waals surface area contributed by atoms with Gasteiger partial charge in [-0.1, -0.05) is 23.7 Å². The molecule has 4 aliphatic rings. The summed E-state index contributed by atoms with van der Waals surface area (Å²) in [6, 6.07) is 8.09. The van der Waals surface area contributed by atoms with Gasteiger partial charge >= 0.3 is 0 Å². The van der Waals surface area contributed by atoms with E-state index in [-0.39, 0.29) is 18.0 Å². The van der Waals surface area contributed by atoms with Crippen LogP contribution in [0.25, 0.3) is 0 Å². The van der Waals surface area contributed by atoms with Gasteiger partial charge in [-0.05, 0) is 82.3 Å². The molecule has 0 atom stereocenters. The number of hydrogen-bond donors (Lipinski definition) is 2. The molecule has 0 aliphatic heterocycles. The van der Waals surface area contributed by atoms with Crippen LogP contribution >= 0.6 is 11.6 Å². The van der Waals surface area contributed by atoms with Crippen molar-refractivity contribution >= 4 is 28.9 Å². The Kier molecular flexibility index (Phi) is 4.61. The highest BCUT2D eigenvalue weighted by Gasteiger charge is 2.51. The average Bonchev–Trinajstić information content (AvgIpc) is 2.89. The number of carbonyl (C=O) groups excluding carboxylic acids is 1. The van der Waals surface area contributed by atoms with Crippen LogP contribution in [0.15, 0.2) is 24.3 Å². The van der Waals surface area contributed by atoms with Crippen LogP contribution in [-0.4, -0.2) is 21.2 Å². The summed E-state index contributed by atoms with van der Waals surface area (Å²) >= 11 is 6.21. The molecule has 5 nitrogen and oxygen atoms in total. The van der Waals surface area contributed by atoms with Gasteiger partial charge < -0.3 is 10.6 Å². The summed E-state index contributed by atoms with van der Waals surface area (Å²) in [6.07, 6.45) is 8.07. The molecule has 0 spiro atoms. The van der Waals surface area contributed by atoms with E-state index in [1.165, 1.54) is 38.5 Å². The van der Waals surface area contributed by atoms with Crippen molar-refractivity contribution in [3.05, 3.63) is 40.7 Å². The van der Waals surface area contributed by atoms with Crippen molar-refractivity contribution in [2.75, 3.05) is 10.6 Å². The van der Waals surface area contributed by atoms with E-state index in [4.69, 9.17) is 11.6 Å². The number of para-hydroxylation sites is 2. The zero-order valence-electron chi connectivity index (χ0n) is 17.2. The van der Waals surface area contributed by atoms with Gasteiger partial charge in [0.15, 0.2) is 0 Å². The average molecular weight is 413 g/mol. The Hall–Kier alpha value is -2.01. The first-order chi connectivity index (χ1) is 13.9. The van der Waals surface area contributed by atoms with E-state index in [1.807, 2.05) is 32.0 Å². The minimum absolute atomic E-state index is 0.0907. The number of aryl methyl sites for hydroxylation is 1. The minimum atomic E-state index is -0.0907. The van der Waals surface area contributed by atoms with Gasteiger partial charge in [0.2, 0.25) is 5.91 Å². The maximum absolute atomic E-state index is 12.7. The monoisotopic (exact) mass is 412 g/mol. The number of amides is 1. The predicted molar refractivity (Wildman–Crippen MR) is 116 cm³/mol. The van der Waals surface area contributed by atoms with Crippen LogP contribution in [0.2, 0.25) is 5.02 Å². The highest BCUT2D eigenvalue weighted by atomic mass is 35.5. The van der Waals surface area contributed by atoms with Crippen molar-refractivity contribution in [1.29, 1.82) is 0 Å². The number of nitrogens with zero attached hydrogens (tertiary/aromatic N) is 2. The summed E-state index contributed by atoms with van der Waals surface area (Å²) in [5, 5.41) is 12.0. The van der Waals surface area contributed by atoms with Crippen molar-refractivity contribution in [3.63, 3.8) is 0 Å². The Labute approximate surface area is 177 Å². The highest BCUT2D eigenvalue weighted by molar-refractivity contribution is 6.31. The molecule has 1 aromatic carbocycles. The fourth-order valence-corrected chi connectivity index (χ4v) is 6.54. The zero-order valence-corrected chi connectivity index (χ0v) is 17.9. The maximum Gasteiger partial charge on any atom is 0.246 e. The first-order valence-electron chi connectivity index (χ1n) is 10.8. The Morgan fingerprint density at radius 1 is 1.10 bits per heavy atom. The lowest BCUT2D eigenvalue weighted by Crippen LogP contribution is -2.54. The highest BCUT2D eigenvalue weighted by Crippen LogP contribution is 2.56. The van der Waals surface area contributed by atoms with E-state index < -0.39 is 0 Å². The fourth-order valence-electron chi connectivity index (χ4n) is 6.41. The minimum Gasteiger partial charge on any atom is -0.378 e. The molecule has 154 valence electrons. The lowest BCUT2D eigenvalue weighted by atomic mass is 9.53. The van der Waals surface area contributed by atoms with E-state index in [0.717, 1.165) is 40.5 Å². The number of aromatic nitrogens is 2. The standard InChI is InChI=1S/C23H29ClN4O/c1-14-22(24)15(2)28(27-14)13-21(29)25-19-5-3-4-6-20(19)26-23-10-16-7-17(11-23)9-18(8-16)12-23/h3-6,16-18,26H,7-13H2,1-2H3,(H,25,29). The Morgan fingerprint density at radius 3 is 2.24 bits per heavy atom. The van der Waals surface area contributed by atoms with Crippen molar-refractivity contribution in [2.24, 2.45) is 17.8 Å². The maximum atomic E-state index is 12.7. The van der Waals surface area contributed by atoms with Gasteiger partial charge in [0.1, 0.15) is 6.54 Å². The number of carbonyl (C=O) groups is 1. The van der Waals surface area contributed by atoms with E-state index >= 15 is 0 Å². The van der Waals surface area contributed by atoms with Gasteiger partial charge in [-0.3, -0.25) is 9.48 Å². The molecule has 0 unspecified atom stereocenters. The molecule has 4 aliphatic carbocycles. The molecule has 1 amide bonds. The van der Waals surface area contributed by atoms with Gasteiger partial charge in [0, 0.05) is 5.54 Å². The summed E-state index contributed by atoms with van der Waals surface area (Å²) in [4.78, 5) is 12.7. The molecule has 1 aromatic heterocycles. The molecule has 0 radical (unpaired) electrons. The van der Waals surface area contributed by atoms with Crippen molar-refractivity contribution in [3.8, 4) is 0 Å². The van der Waals surface area contributed by atoms with Crippen molar-refractivity contribution in [2.45, 2.75) is 64.5 Å². The third-order valence-electron chi connectivity index (χ3n) is 7.23. The molecule has 29 heavy (non-hydrogen) atoms. The van der Waals surface area contributed by atoms with Gasteiger partial charge in [-0.2, -0.15) is 5.10 Å². The zero-order chi connectivity index (χ0) is 20.2. The molecule has 6 heteroatoms. The van der Waals surface area contributed by atoms with Gasteiger partial charge in [0.05, 0.1) is 27.8 Å². The largest absolute Gasteiger partial charge is 0.378 e. The smallest absolute Gasteiger partial charge is 0.246 e. The first-order valence-corrected chi connectivity index (χ1v) is 11.2. The van der Waals surface area contributed by atoms with Crippen LogP contribution in [0.3, 0.4) is 0 Å². The first kappa shape index (κ1) is 19.0. The van der Waals surface area contributed by atoms with Crippen molar-refractivity contribution in [1.82, 2.24) is 9.78 Å². The Bertz CT molecular complexity index is 915. The Balaban J connectivity index is 1.32. The fraction of sp³-hybridized carbons (Fsp3) is 0.565. The molecule has 4 saturated carbocycles. The molecule has 2 aromatic rings. The van der Waals surface area contributed by atoms with Gasteiger partial charge in [-0.25, -0.2) is 0 Å². The lowest BCUT2D eigenvalue weighted by molar-refractivity contribution is -0.116. The van der Waals surface area contributed by atoms with Crippen LogP contribution in [-0.2, 0) is 11.3 Å². The summed E-state index contributed by atoms with van der Waals surface area (Å²) in [7, 11) is 0. The van der Waals surface area contributed by atoms with Crippen LogP contribution in [0.4, 0.5) is 11.4 Å². The van der Waals surface area contributed by atoms with Gasteiger partial charge in [0.25, 0.3) is 0 Å². The number of hydrogen-bond acceptors (Lipinski definition) is 3. The molecular formula is C23H29ClN4O. The number of halogens is 1. The number of nitrogens with one attached hydrogen (secondary N) is 2. The van der Waals surface area contributed by atoms with E-state index in [1.54, 1.807) is 4.68 Å². The molecule has 1 heterocycles. The molecule has 4 bridgehead atoms. The SMILES string of the molecule is Cc1nn(CC(=O)Nc2ccccc2NC23CC4CC(CC(C4)C2)C3)c(C)c1Cl. The van der Waals surface area contributed by atoms with Crippen LogP contribution in [0.1, 0.15) is 49.9 Å². The molecule has 0 saturated heterocycles. The number of rotatable bonds is 5. The second-order valence-electron chi connectivity index (χ2n) is 9.56. The topological polar surface area (TPSA) is 59.0 Å². The van der Waals surface area contributed by atoms with E-state index in [9.17, 15) is 4.79 Å². The summed E-state index contributed by atoms with van der Waals surface area (Å²) < 4.78 is 1.67. The van der Waals surface area contributed by atoms with Crippen molar-refractivity contribution < 1.29 is 4.79 Å². The molecule has 2 N–H and O–H groups in total. The molecule has 6 rings (SSSR count). The third-order valence-corrected chi connectivity index (χ3v) is 7.77. The lowest BCUT2D eigenvalue weighted by Gasteiger charge is -2.57. The van der Waals surface area contributed by atoms with E-state index in [2.05, 4.69) is 21.8 Å². The summed E-state index contributed by atoms with van der Waals surface area (Å²) in [5.41, 5.74) is 3.66. The Morgan fingerprint density at radius 2 is 1.69 bits per heavy atom. The van der Waals surface area contributed by atoms with Gasteiger partial charge in [-0.15, -0.1) is 0 Å². The summed E-state index contributed by atoms with van der Waals surface area (Å²) in [6.45, 7) is 3.90. The normalized spacial score (nSPS) is 29.8. The van der Waals surface area contributed by atoms with Crippen LogP contribution < -0.4 is 10.6 Å². The second kappa shape index (κ2) is 7.05. The molecule has 4 fully saturated rings. The van der Waals surface area contributed by atoms with Crippen LogP contribution in [0, 0.1) is 31.6 Å². The second-order valence-corrected chi connectivity index (χ2v) is 9.94. The number of anilines is 2. The quantitative estimate of drug-likeness (QED) is 0.711. The number of benzene rings is 1. The summed E-state index contributed by atoms with van der Waals surface area (Å²) in [5.74, 6) is 2.55. The molecular weight excluding hydrogens is 384 g/mol. The predicted octanol–water partition coefficient (Wildman–Crippen LogP) is 5.17.